The molecule has 6 unspecified atom stereocenters. The Morgan fingerprint density at radius 3 is 1.88 bits per heavy atom. The van der Waals surface area contributed by atoms with Gasteiger partial charge in [0.15, 0.2) is 0 Å². The van der Waals surface area contributed by atoms with Crippen molar-refractivity contribution < 1.29 is 0 Å². The van der Waals surface area contributed by atoms with Gasteiger partial charge in [-0.2, -0.15) is 0 Å². The molecular formula is C26H52. The van der Waals surface area contributed by atoms with Gasteiger partial charge in [0.05, 0.1) is 0 Å². The van der Waals surface area contributed by atoms with Gasteiger partial charge in [-0.15, -0.1) is 0 Å². The van der Waals surface area contributed by atoms with Crippen LogP contribution in [0.3, 0.4) is 0 Å². The van der Waals surface area contributed by atoms with Crippen LogP contribution in [0, 0.1) is 35.5 Å². The van der Waals surface area contributed by atoms with E-state index in [2.05, 4.69) is 41.5 Å². The molecule has 156 valence electrons. The van der Waals surface area contributed by atoms with E-state index in [9.17, 15) is 0 Å². The highest BCUT2D eigenvalue weighted by Crippen LogP contribution is 2.36. The molecule has 1 fully saturated rings. The van der Waals surface area contributed by atoms with Gasteiger partial charge >= 0.3 is 0 Å². The van der Waals surface area contributed by atoms with Crippen LogP contribution >= 0.6 is 0 Å². The standard InChI is InChI=1S/C26H52/c1-7-21(5)24(9-3)20-25(10-4)22(6)16-12-11-13-18-26-19-15-14-17-23(26)8-2/h21-26H,7-20H2,1-6H3. The van der Waals surface area contributed by atoms with Gasteiger partial charge in [-0.05, 0) is 41.9 Å². The van der Waals surface area contributed by atoms with Gasteiger partial charge in [-0.25, -0.2) is 0 Å². The third kappa shape index (κ3) is 8.35. The number of hydrogen-bond acceptors (Lipinski definition) is 0. The van der Waals surface area contributed by atoms with Crippen molar-refractivity contribution in [2.45, 2.75) is 131 Å². The maximum atomic E-state index is 2.55. The van der Waals surface area contributed by atoms with Gasteiger partial charge in [0.25, 0.3) is 0 Å². The minimum Gasteiger partial charge on any atom is -0.0651 e. The molecule has 26 heavy (non-hydrogen) atoms. The molecule has 0 aromatic heterocycles. The zero-order valence-corrected chi connectivity index (χ0v) is 19.4. The fraction of sp³-hybridized carbons (Fsp3) is 1.00. The van der Waals surface area contributed by atoms with Crippen molar-refractivity contribution in [3.63, 3.8) is 0 Å². The molecule has 1 saturated carbocycles. The van der Waals surface area contributed by atoms with Crippen molar-refractivity contribution in [3.8, 4) is 0 Å². The van der Waals surface area contributed by atoms with E-state index in [0.29, 0.717) is 0 Å². The summed E-state index contributed by atoms with van der Waals surface area (Å²) < 4.78 is 0. The van der Waals surface area contributed by atoms with E-state index in [1.54, 1.807) is 0 Å². The van der Waals surface area contributed by atoms with Crippen LogP contribution in [0.5, 0.6) is 0 Å². The molecule has 1 aliphatic rings. The third-order valence-electron chi connectivity index (χ3n) is 8.23. The van der Waals surface area contributed by atoms with E-state index in [-0.39, 0.29) is 0 Å². The molecule has 1 rings (SSSR count). The summed E-state index contributed by atoms with van der Waals surface area (Å²) in [6.45, 7) is 14.6. The van der Waals surface area contributed by atoms with Gasteiger partial charge in [0.1, 0.15) is 0 Å². The Morgan fingerprint density at radius 2 is 1.31 bits per heavy atom. The summed E-state index contributed by atoms with van der Waals surface area (Å²) >= 11 is 0. The summed E-state index contributed by atoms with van der Waals surface area (Å²) in [5.41, 5.74) is 0. The highest BCUT2D eigenvalue weighted by molar-refractivity contribution is 4.75. The Labute approximate surface area is 167 Å². The zero-order chi connectivity index (χ0) is 19.4. The van der Waals surface area contributed by atoms with Crippen LogP contribution in [0.4, 0.5) is 0 Å². The predicted molar refractivity (Wildman–Crippen MR) is 120 cm³/mol. The van der Waals surface area contributed by atoms with Crippen molar-refractivity contribution in [2.75, 3.05) is 0 Å². The monoisotopic (exact) mass is 364 g/mol. The fourth-order valence-electron chi connectivity index (χ4n) is 5.81. The van der Waals surface area contributed by atoms with E-state index >= 15 is 0 Å². The van der Waals surface area contributed by atoms with Gasteiger partial charge in [-0.1, -0.05) is 125 Å². The molecule has 0 N–H and O–H groups in total. The normalized spacial score (nSPS) is 25.6. The summed E-state index contributed by atoms with van der Waals surface area (Å²) in [7, 11) is 0. The van der Waals surface area contributed by atoms with E-state index in [4.69, 9.17) is 0 Å². The maximum absolute atomic E-state index is 2.55. The van der Waals surface area contributed by atoms with E-state index in [1.165, 1.54) is 89.9 Å². The lowest BCUT2D eigenvalue weighted by Crippen LogP contribution is -2.20. The van der Waals surface area contributed by atoms with Crippen LogP contribution in [-0.4, -0.2) is 0 Å². The van der Waals surface area contributed by atoms with Crippen LogP contribution < -0.4 is 0 Å². The Kier molecular flexibility index (Phi) is 13.0. The van der Waals surface area contributed by atoms with Crippen LogP contribution in [0.2, 0.25) is 0 Å². The zero-order valence-electron chi connectivity index (χ0n) is 19.4. The van der Waals surface area contributed by atoms with Crippen LogP contribution in [0.1, 0.15) is 131 Å². The van der Waals surface area contributed by atoms with E-state index < -0.39 is 0 Å². The molecular weight excluding hydrogens is 312 g/mol. The Morgan fingerprint density at radius 1 is 0.692 bits per heavy atom. The van der Waals surface area contributed by atoms with Gasteiger partial charge in [0.2, 0.25) is 0 Å². The van der Waals surface area contributed by atoms with Gasteiger partial charge < -0.3 is 0 Å². The van der Waals surface area contributed by atoms with Gasteiger partial charge in [-0.3, -0.25) is 0 Å². The molecule has 0 aromatic rings. The first kappa shape index (κ1) is 24.0. The lowest BCUT2D eigenvalue weighted by molar-refractivity contribution is 0.203. The second-order valence-electron chi connectivity index (χ2n) is 9.79. The summed E-state index contributed by atoms with van der Waals surface area (Å²) in [6.07, 6.45) is 20.5. The Bertz CT molecular complexity index is 320. The molecule has 0 radical (unpaired) electrons. The lowest BCUT2D eigenvalue weighted by Gasteiger charge is -2.31. The van der Waals surface area contributed by atoms with Crippen LogP contribution in [0.25, 0.3) is 0 Å². The highest BCUT2D eigenvalue weighted by Gasteiger charge is 2.24. The molecule has 0 spiro atoms. The lowest BCUT2D eigenvalue weighted by atomic mass is 9.75. The van der Waals surface area contributed by atoms with Gasteiger partial charge in [0, 0.05) is 0 Å². The largest absolute Gasteiger partial charge is 0.0651 e. The number of hydrogen-bond donors (Lipinski definition) is 0. The predicted octanol–water partition coefficient (Wildman–Crippen LogP) is 9.28. The van der Waals surface area contributed by atoms with E-state index in [0.717, 1.165) is 35.5 Å². The summed E-state index contributed by atoms with van der Waals surface area (Å²) in [6, 6.07) is 0. The van der Waals surface area contributed by atoms with Crippen LogP contribution in [0.15, 0.2) is 0 Å². The average molecular weight is 365 g/mol. The Balaban J connectivity index is 2.25. The second kappa shape index (κ2) is 14.1. The summed E-state index contributed by atoms with van der Waals surface area (Å²) in [4.78, 5) is 0. The summed E-state index contributed by atoms with van der Waals surface area (Å²) in [5, 5.41) is 0. The smallest absolute Gasteiger partial charge is 0.0386 e. The molecule has 0 aromatic carbocycles. The first-order chi connectivity index (χ1) is 12.6. The van der Waals surface area contributed by atoms with Crippen molar-refractivity contribution in [1.82, 2.24) is 0 Å². The van der Waals surface area contributed by atoms with Crippen molar-refractivity contribution in [3.05, 3.63) is 0 Å². The molecule has 0 nitrogen and oxygen atoms in total. The SMILES string of the molecule is CCC(C)C(CC)CC(CC)C(C)CCCCCC1CCCCC1CC. The molecule has 0 heteroatoms. The second-order valence-corrected chi connectivity index (χ2v) is 9.79. The number of rotatable bonds is 14. The average Bonchev–Trinajstić information content (AvgIpc) is 2.68. The van der Waals surface area contributed by atoms with Crippen molar-refractivity contribution >= 4 is 0 Å². The Hall–Kier alpha value is 0. The first-order valence-corrected chi connectivity index (χ1v) is 12.6. The maximum Gasteiger partial charge on any atom is -0.0386 e. The molecule has 0 bridgehead atoms. The summed E-state index contributed by atoms with van der Waals surface area (Å²) in [5.74, 6) is 5.86. The van der Waals surface area contributed by atoms with Crippen LogP contribution in [-0.2, 0) is 0 Å². The minimum atomic E-state index is 0.906. The molecule has 6 atom stereocenters. The molecule has 0 heterocycles. The van der Waals surface area contributed by atoms with Crippen molar-refractivity contribution in [1.29, 1.82) is 0 Å². The molecule has 1 aliphatic carbocycles. The quantitative estimate of drug-likeness (QED) is 0.269. The van der Waals surface area contributed by atoms with Crippen molar-refractivity contribution in [2.24, 2.45) is 35.5 Å². The van der Waals surface area contributed by atoms with E-state index in [1.807, 2.05) is 0 Å². The molecule has 0 saturated heterocycles. The first-order valence-electron chi connectivity index (χ1n) is 12.6. The minimum absolute atomic E-state index is 0.906. The molecule has 0 aliphatic heterocycles. The topological polar surface area (TPSA) is 0 Å². The number of unbranched alkanes of at least 4 members (excludes halogenated alkanes) is 2. The highest BCUT2D eigenvalue weighted by atomic mass is 14.3. The third-order valence-corrected chi connectivity index (χ3v) is 8.23. The fourth-order valence-corrected chi connectivity index (χ4v) is 5.81. The molecule has 0 amide bonds.